The van der Waals surface area contributed by atoms with Crippen LogP contribution in [-0.2, 0) is 0 Å². The molecule has 1 heteroatoms. The molecule has 0 amide bonds. The molecule has 0 saturated heterocycles. The third-order valence-corrected chi connectivity index (χ3v) is 8.12. The van der Waals surface area contributed by atoms with E-state index in [0.29, 0.717) is 6.42 Å². The first-order valence-corrected chi connectivity index (χ1v) is 11.5. The minimum atomic E-state index is -0.199. The third kappa shape index (κ3) is 5.57. The zero-order valence-corrected chi connectivity index (χ0v) is 16.6. The normalized spacial score (nSPS) is 40.4. The topological polar surface area (TPSA) is 0 Å². The molecule has 0 bridgehead atoms. The predicted molar refractivity (Wildman–Crippen MR) is 106 cm³/mol. The molecule has 3 saturated carbocycles. The van der Waals surface area contributed by atoms with Crippen LogP contribution in [0.2, 0.25) is 0 Å². The number of halogens is 1. The molecule has 3 rings (SSSR count). The van der Waals surface area contributed by atoms with Gasteiger partial charge in [-0.25, -0.2) is 0 Å². The molecule has 25 heavy (non-hydrogen) atoms. The van der Waals surface area contributed by atoms with Gasteiger partial charge >= 0.3 is 0 Å². The zero-order chi connectivity index (χ0) is 17.5. The van der Waals surface area contributed by atoms with Crippen molar-refractivity contribution < 1.29 is 4.39 Å². The minimum absolute atomic E-state index is 0.199. The zero-order valence-electron chi connectivity index (χ0n) is 16.6. The average molecular weight is 349 g/mol. The first-order valence-electron chi connectivity index (χ1n) is 11.5. The lowest BCUT2D eigenvalue weighted by Crippen LogP contribution is -2.29. The van der Waals surface area contributed by atoms with Gasteiger partial charge in [0, 0.05) is 0 Å². The van der Waals surface area contributed by atoms with Crippen LogP contribution in [0.1, 0.15) is 96.8 Å². The van der Waals surface area contributed by atoms with Crippen LogP contribution in [0.25, 0.3) is 0 Å². The highest BCUT2D eigenvalue weighted by Crippen LogP contribution is 2.46. The summed E-state index contributed by atoms with van der Waals surface area (Å²) in [6.45, 7) is 2.18. The lowest BCUT2D eigenvalue weighted by Gasteiger charge is -2.41. The maximum Gasteiger partial charge on any atom is 0.0928 e. The molecule has 0 aromatic rings. The fraction of sp³-hybridized carbons (Fsp3) is 0.917. The molecule has 3 aliphatic carbocycles. The Kier molecular flexibility index (Phi) is 7.87. The van der Waals surface area contributed by atoms with Crippen molar-refractivity contribution in [1.82, 2.24) is 0 Å². The molecule has 0 aliphatic heterocycles. The molecule has 0 aromatic carbocycles. The largest absolute Gasteiger partial charge is 0.251 e. The standard InChI is InChI=1S/C24H41F/c1-2-19-6-10-21(11-7-19)23-14-16-24(17-15-23)22-12-8-20(9-13-22)5-3-4-18-25/h3,5,19-24H,2,4,6-18H2,1H3/b5-3+. The van der Waals surface area contributed by atoms with Crippen molar-refractivity contribution in [2.75, 3.05) is 6.67 Å². The van der Waals surface area contributed by atoms with Crippen LogP contribution in [0.4, 0.5) is 4.39 Å². The van der Waals surface area contributed by atoms with Gasteiger partial charge < -0.3 is 0 Å². The summed E-state index contributed by atoms with van der Waals surface area (Å²) >= 11 is 0. The summed E-state index contributed by atoms with van der Waals surface area (Å²) in [7, 11) is 0. The van der Waals surface area contributed by atoms with Crippen LogP contribution < -0.4 is 0 Å². The van der Waals surface area contributed by atoms with Crippen molar-refractivity contribution in [3.63, 3.8) is 0 Å². The van der Waals surface area contributed by atoms with E-state index in [1.54, 1.807) is 0 Å². The van der Waals surface area contributed by atoms with Gasteiger partial charge in [0.05, 0.1) is 6.67 Å². The van der Waals surface area contributed by atoms with Crippen molar-refractivity contribution >= 4 is 0 Å². The first kappa shape index (κ1) is 19.4. The van der Waals surface area contributed by atoms with Crippen molar-refractivity contribution in [2.24, 2.45) is 35.5 Å². The quantitative estimate of drug-likeness (QED) is 0.431. The second-order valence-corrected chi connectivity index (χ2v) is 9.44. The first-order chi connectivity index (χ1) is 12.3. The van der Waals surface area contributed by atoms with Gasteiger partial charge in [0.1, 0.15) is 0 Å². The Balaban J connectivity index is 1.36. The number of hydrogen-bond donors (Lipinski definition) is 0. The number of allylic oxidation sites excluding steroid dienone is 2. The molecule has 0 nitrogen and oxygen atoms in total. The monoisotopic (exact) mass is 348 g/mol. The van der Waals surface area contributed by atoms with Gasteiger partial charge in [0.2, 0.25) is 0 Å². The van der Waals surface area contributed by atoms with Crippen LogP contribution in [-0.4, -0.2) is 6.67 Å². The summed E-state index contributed by atoms with van der Waals surface area (Å²) in [5, 5.41) is 0. The van der Waals surface area contributed by atoms with Gasteiger partial charge in [-0.3, -0.25) is 4.39 Å². The van der Waals surface area contributed by atoms with E-state index < -0.39 is 0 Å². The fourth-order valence-corrected chi connectivity index (χ4v) is 6.32. The predicted octanol–water partition coefficient (Wildman–Crippen LogP) is 7.73. The van der Waals surface area contributed by atoms with Gasteiger partial charge in [-0.1, -0.05) is 38.3 Å². The Morgan fingerprint density at radius 2 is 1.12 bits per heavy atom. The third-order valence-electron chi connectivity index (χ3n) is 8.12. The average Bonchev–Trinajstić information content (AvgIpc) is 2.69. The van der Waals surface area contributed by atoms with Crippen molar-refractivity contribution in [2.45, 2.75) is 96.8 Å². The van der Waals surface area contributed by atoms with E-state index in [4.69, 9.17) is 0 Å². The number of alkyl halides is 1. The van der Waals surface area contributed by atoms with E-state index in [1.807, 2.05) is 0 Å². The molecule has 144 valence electrons. The van der Waals surface area contributed by atoms with E-state index >= 15 is 0 Å². The molecule has 0 aromatic heterocycles. The van der Waals surface area contributed by atoms with Crippen LogP contribution in [0.15, 0.2) is 12.2 Å². The summed E-state index contributed by atoms with van der Waals surface area (Å²) in [6, 6.07) is 0. The molecule has 3 aliphatic rings. The van der Waals surface area contributed by atoms with Crippen LogP contribution in [0, 0.1) is 35.5 Å². The second-order valence-electron chi connectivity index (χ2n) is 9.44. The lowest BCUT2D eigenvalue weighted by molar-refractivity contribution is 0.108. The molecule has 0 unspecified atom stereocenters. The summed E-state index contributed by atoms with van der Waals surface area (Å²) in [5.74, 6) is 5.95. The second kappa shape index (κ2) is 10.1. The van der Waals surface area contributed by atoms with E-state index in [2.05, 4.69) is 19.1 Å². The molecule has 3 fully saturated rings. The smallest absolute Gasteiger partial charge is 0.0928 e. The van der Waals surface area contributed by atoms with Crippen LogP contribution in [0.5, 0.6) is 0 Å². The Morgan fingerprint density at radius 3 is 1.56 bits per heavy atom. The van der Waals surface area contributed by atoms with Crippen molar-refractivity contribution in [3.8, 4) is 0 Å². The fourth-order valence-electron chi connectivity index (χ4n) is 6.32. The van der Waals surface area contributed by atoms with Crippen LogP contribution in [0.3, 0.4) is 0 Å². The van der Waals surface area contributed by atoms with E-state index in [-0.39, 0.29) is 6.67 Å². The lowest BCUT2D eigenvalue weighted by atomic mass is 9.65. The molecule has 0 atom stereocenters. The Labute approximate surface area is 156 Å². The molecular formula is C24H41F. The summed E-state index contributed by atoms with van der Waals surface area (Å²) in [6.07, 6.45) is 24.2. The maximum atomic E-state index is 12.2. The van der Waals surface area contributed by atoms with Gasteiger partial charge in [-0.2, -0.15) is 0 Å². The molecule has 0 heterocycles. The van der Waals surface area contributed by atoms with E-state index in [9.17, 15) is 4.39 Å². The minimum Gasteiger partial charge on any atom is -0.251 e. The van der Waals surface area contributed by atoms with Gasteiger partial charge in [0.25, 0.3) is 0 Å². The van der Waals surface area contributed by atoms with E-state index in [1.165, 1.54) is 83.5 Å². The molecular weight excluding hydrogens is 307 g/mol. The summed E-state index contributed by atoms with van der Waals surface area (Å²) < 4.78 is 12.2. The van der Waals surface area contributed by atoms with Gasteiger partial charge in [-0.05, 0) is 106 Å². The SMILES string of the molecule is CCC1CCC(C2CCC(C3CCC(/C=C/CCF)CC3)CC2)CC1. The highest BCUT2D eigenvalue weighted by Gasteiger charge is 2.34. The molecule has 0 N–H and O–H groups in total. The Morgan fingerprint density at radius 1 is 0.680 bits per heavy atom. The highest BCUT2D eigenvalue weighted by atomic mass is 19.1. The molecule has 0 radical (unpaired) electrons. The Hall–Kier alpha value is -0.330. The van der Waals surface area contributed by atoms with Gasteiger partial charge in [0.15, 0.2) is 0 Å². The Bertz CT molecular complexity index is 377. The maximum absolute atomic E-state index is 12.2. The van der Waals surface area contributed by atoms with Crippen molar-refractivity contribution in [1.29, 1.82) is 0 Å². The summed E-state index contributed by atoms with van der Waals surface area (Å²) in [4.78, 5) is 0. The van der Waals surface area contributed by atoms with Gasteiger partial charge in [-0.15, -0.1) is 0 Å². The van der Waals surface area contributed by atoms with E-state index in [0.717, 1.165) is 35.5 Å². The number of rotatable bonds is 6. The van der Waals surface area contributed by atoms with Crippen molar-refractivity contribution in [3.05, 3.63) is 12.2 Å². The number of hydrogen-bond acceptors (Lipinski definition) is 0. The summed E-state index contributed by atoms with van der Waals surface area (Å²) in [5.41, 5.74) is 0. The molecule has 0 spiro atoms. The highest BCUT2D eigenvalue weighted by molar-refractivity contribution is 4.93. The van der Waals surface area contributed by atoms with Crippen LogP contribution >= 0.6 is 0 Å².